The number of nitrogens with zero attached hydrogens (tertiary/aromatic N) is 3. The summed E-state index contributed by atoms with van der Waals surface area (Å²) in [6.07, 6.45) is 6.34. The van der Waals surface area contributed by atoms with E-state index < -0.39 is 0 Å². The van der Waals surface area contributed by atoms with Crippen molar-refractivity contribution in [2.24, 2.45) is 5.92 Å². The zero-order valence-electron chi connectivity index (χ0n) is 10.8. The van der Waals surface area contributed by atoms with E-state index in [1.54, 1.807) is 0 Å². The van der Waals surface area contributed by atoms with Crippen molar-refractivity contribution in [3.8, 4) is 0 Å². The zero-order chi connectivity index (χ0) is 12.1. The van der Waals surface area contributed by atoms with Crippen LogP contribution in [0.3, 0.4) is 0 Å². The molecule has 0 bridgehead atoms. The molecule has 1 aliphatic heterocycles. The summed E-state index contributed by atoms with van der Waals surface area (Å²) in [5, 5.41) is 3.37. The van der Waals surface area contributed by atoms with Crippen molar-refractivity contribution in [3.63, 3.8) is 0 Å². The van der Waals surface area contributed by atoms with E-state index in [1.807, 2.05) is 12.4 Å². The molecule has 2 heterocycles. The number of hydrogen-bond acceptors (Lipinski definition) is 4. The molecule has 0 amide bonds. The summed E-state index contributed by atoms with van der Waals surface area (Å²) < 4.78 is 0. The molecule has 1 aromatic rings. The van der Waals surface area contributed by atoms with E-state index in [1.165, 1.54) is 12.8 Å². The standard InChI is InChI=1S/C13H22N4/c1-11(2)7-14-8-12-9-16-13(10-15-12)17-5-3-4-6-17/h9-11,14H,3-8H2,1-2H3. The van der Waals surface area contributed by atoms with Gasteiger partial charge in [0.2, 0.25) is 0 Å². The van der Waals surface area contributed by atoms with E-state index in [9.17, 15) is 0 Å². The third kappa shape index (κ3) is 3.66. The van der Waals surface area contributed by atoms with Crippen molar-refractivity contribution in [3.05, 3.63) is 18.1 Å². The summed E-state index contributed by atoms with van der Waals surface area (Å²) >= 11 is 0. The van der Waals surface area contributed by atoms with E-state index in [0.717, 1.165) is 37.7 Å². The fraction of sp³-hybridized carbons (Fsp3) is 0.692. The molecule has 1 saturated heterocycles. The van der Waals surface area contributed by atoms with Gasteiger partial charge in [0.15, 0.2) is 0 Å². The minimum absolute atomic E-state index is 0.673. The predicted octanol–water partition coefficient (Wildman–Crippen LogP) is 1.82. The SMILES string of the molecule is CC(C)CNCc1cnc(N2CCCC2)cn1. The molecule has 0 spiro atoms. The lowest BCUT2D eigenvalue weighted by Crippen LogP contribution is -2.21. The first kappa shape index (κ1) is 12.3. The lowest BCUT2D eigenvalue weighted by Gasteiger charge is -2.15. The van der Waals surface area contributed by atoms with E-state index in [0.29, 0.717) is 5.92 Å². The smallest absolute Gasteiger partial charge is 0.147 e. The second-order valence-corrected chi connectivity index (χ2v) is 5.08. The Morgan fingerprint density at radius 3 is 2.59 bits per heavy atom. The predicted molar refractivity (Wildman–Crippen MR) is 70.0 cm³/mol. The maximum atomic E-state index is 4.48. The van der Waals surface area contributed by atoms with Gasteiger partial charge in [0, 0.05) is 19.6 Å². The highest BCUT2D eigenvalue weighted by Crippen LogP contribution is 2.16. The van der Waals surface area contributed by atoms with Crippen molar-refractivity contribution in [2.75, 3.05) is 24.5 Å². The van der Waals surface area contributed by atoms with Crippen LogP contribution in [-0.2, 0) is 6.54 Å². The highest BCUT2D eigenvalue weighted by atomic mass is 15.2. The van der Waals surface area contributed by atoms with Gasteiger partial charge in [-0.2, -0.15) is 0 Å². The van der Waals surface area contributed by atoms with Crippen molar-refractivity contribution in [1.82, 2.24) is 15.3 Å². The summed E-state index contributed by atoms with van der Waals surface area (Å²) in [7, 11) is 0. The molecule has 4 nitrogen and oxygen atoms in total. The molecule has 1 aromatic heterocycles. The molecular formula is C13H22N4. The van der Waals surface area contributed by atoms with Crippen molar-refractivity contribution in [1.29, 1.82) is 0 Å². The van der Waals surface area contributed by atoms with Gasteiger partial charge in [-0.25, -0.2) is 4.98 Å². The number of hydrogen-bond donors (Lipinski definition) is 1. The van der Waals surface area contributed by atoms with Gasteiger partial charge in [-0.1, -0.05) is 13.8 Å². The van der Waals surface area contributed by atoms with E-state index >= 15 is 0 Å². The van der Waals surface area contributed by atoms with Crippen LogP contribution in [0.1, 0.15) is 32.4 Å². The van der Waals surface area contributed by atoms with Crippen LogP contribution in [0.25, 0.3) is 0 Å². The molecule has 17 heavy (non-hydrogen) atoms. The Labute approximate surface area is 103 Å². The molecule has 0 aromatic carbocycles. The van der Waals surface area contributed by atoms with Crippen LogP contribution in [0.4, 0.5) is 5.82 Å². The minimum atomic E-state index is 0.673. The third-order valence-electron chi connectivity index (χ3n) is 2.98. The highest BCUT2D eigenvalue weighted by Gasteiger charge is 2.13. The van der Waals surface area contributed by atoms with Gasteiger partial charge < -0.3 is 10.2 Å². The second kappa shape index (κ2) is 5.96. The van der Waals surface area contributed by atoms with Gasteiger partial charge in [0.25, 0.3) is 0 Å². The molecule has 0 aliphatic carbocycles. The Balaban J connectivity index is 1.84. The number of anilines is 1. The molecule has 2 rings (SSSR count). The summed E-state index contributed by atoms with van der Waals surface area (Å²) in [4.78, 5) is 11.2. The van der Waals surface area contributed by atoms with Crippen LogP contribution >= 0.6 is 0 Å². The first-order valence-corrected chi connectivity index (χ1v) is 6.52. The number of aromatic nitrogens is 2. The average Bonchev–Trinajstić information content (AvgIpc) is 2.83. The number of nitrogens with one attached hydrogen (secondary N) is 1. The van der Waals surface area contributed by atoms with Crippen LogP contribution < -0.4 is 10.2 Å². The van der Waals surface area contributed by atoms with E-state index in [4.69, 9.17) is 0 Å². The van der Waals surface area contributed by atoms with Gasteiger partial charge in [-0.3, -0.25) is 4.98 Å². The lowest BCUT2D eigenvalue weighted by molar-refractivity contribution is 0.547. The monoisotopic (exact) mass is 234 g/mol. The average molecular weight is 234 g/mol. The summed E-state index contributed by atoms with van der Waals surface area (Å²) in [6.45, 7) is 8.49. The fourth-order valence-electron chi connectivity index (χ4n) is 2.04. The lowest BCUT2D eigenvalue weighted by atomic mass is 10.2. The molecule has 0 atom stereocenters. The highest BCUT2D eigenvalue weighted by molar-refractivity contribution is 5.36. The van der Waals surface area contributed by atoms with Crippen LogP contribution in [0, 0.1) is 5.92 Å². The van der Waals surface area contributed by atoms with Crippen LogP contribution in [0.5, 0.6) is 0 Å². The Morgan fingerprint density at radius 1 is 1.24 bits per heavy atom. The maximum absolute atomic E-state index is 4.48. The maximum Gasteiger partial charge on any atom is 0.147 e. The van der Waals surface area contributed by atoms with Gasteiger partial charge in [-0.15, -0.1) is 0 Å². The van der Waals surface area contributed by atoms with Gasteiger partial charge in [0.05, 0.1) is 18.1 Å². The topological polar surface area (TPSA) is 41.1 Å². The summed E-state index contributed by atoms with van der Waals surface area (Å²) in [6, 6.07) is 0. The second-order valence-electron chi connectivity index (χ2n) is 5.08. The zero-order valence-corrected chi connectivity index (χ0v) is 10.8. The molecule has 0 radical (unpaired) electrons. The fourth-order valence-corrected chi connectivity index (χ4v) is 2.04. The molecule has 1 N–H and O–H groups in total. The van der Waals surface area contributed by atoms with E-state index in [-0.39, 0.29) is 0 Å². The molecule has 94 valence electrons. The molecule has 0 unspecified atom stereocenters. The first-order valence-electron chi connectivity index (χ1n) is 6.52. The molecule has 1 fully saturated rings. The quantitative estimate of drug-likeness (QED) is 0.844. The normalized spacial score (nSPS) is 15.8. The number of rotatable bonds is 5. The van der Waals surface area contributed by atoms with Crippen molar-refractivity contribution in [2.45, 2.75) is 33.2 Å². The summed E-state index contributed by atoms with van der Waals surface area (Å²) in [5.74, 6) is 1.70. The Kier molecular flexibility index (Phi) is 4.31. The van der Waals surface area contributed by atoms with Gasteiger partial charge in [0.1, 0.15) is 5.82 Å². The summed E-state index contributed by atoms with van der Waals surface area (Å²) in [5.41, 5.74) is 1.02. The van der Waals surface area contributed by atoms with Crippen molar-refractivity contribution >= 4 is 5.82 Å². The van der Waals surface area contributed by atoms with Crippen LogP contribution in [0.15, 0.2) is 12.4 Å². The molecule has 0 saturated carbocycles. The molecule has 1 aliphatic rings. The third-order valence-corrected chi connectivity index (χ3v) is 2.98. The molecular weight excluding hydrogens is 212 g/mol. The van der Waals surface area contributed by atoms with Crippen LogP contribution in [-0.4, -0.2) is 29.6 Å². The van der Waals surface area contributed by atoms with E-state index in [2.05, 4.69) is 34.0 Å². The Morgan fingerprint density at radius 2 is 2.00 bits per heavy atom. The Bertz CT molecular complexity index is 328. The largest absolute Gasteiger partial charge is 0.355 e. The van der Waals surface area contributed by atoms with Gasteiger partial charge in [-0.05, 0) is 25.3 Å². The first-order chi connectivity index (χ1) is 8.25. The molecule has 4 heteroatoms. The Hall–Kier alpha value is -1.16. The van der Waals surface area contributed by atoms with Crippen LogP contribution in [0.2, 0.25) is 0 Å². The van der Waals surface area contributed by atoms with Crippen molar-refractivity contribution < 1.29 is 0 Å². The van der Waals surface area contributed by atoms with Gasteiger partial charge >= 0.3 is 0 Å². The minimum Gasteiger partial charge on any atom is -0.355 e.